The molecule has 0 fully saturated rings. The minimum Gasteiger partial charge on any atom is -0.324 e. The number of hydrogen-bond donors (Lipinski definition) is 1. The largest absolute Gasteiger partial charge is 0.324 e. The first kappa shape index (κ1) is 23.3. The SMILES string of the molecule is Cc1ccc(Cn2c(=O)c3ccccc3n3c(SCC(=O)Nc4ccc(C)cc4Br)nnc23)cc1. The van der Waals surface area contributed by atoms with E-state index >= 15 is 0 Å². The molecular formula is C26H22BrN5O2S. The molecule has 0 bridgehead atoms. The lowest BCUT2D eigenvalue weighted by atomic mass is 10.1. The van der Waals surface area contributed by atoms with Crippen molar-refractivity contribution < 1.29 is 4.79 Å². The standard InChI is InChI=1S/C26H22BrN5O2S/c1-16-7-10-18(11-8-16)14-31-24(34)19-5-3-4-6-22(19)32-25(31)29-30-26(32)35-15-23(33)28-21-12-9-17(2)13-20(21)27/h3-13H,14-15H2,1-2H3,(H,28,33). The normalized spacial score (nSPS) is 11.3. The van der Waals surface area contributed by atoms with Crippen LogP contribution in [-0.2, 0) is 11.3 Å². The maximum Gasteiger partial charge on any atom is 0.263 e. The number of anilines is 1. The van der Waals surface area contributed by atoms with Crippen LogP contribution in [0.4, 0.5) is 5.69 Å². The van der Waals surface area contributed by atoms with Gasteiger partial charge >= 0.3 is 0 Å². The van der Waals surface area contributed by atoms with Gasteiger partial charge in [-0.3, -0.25) is 18.6 Å². The molecule has 0 saturated heterocycles. The number of hydrogen-bond acceptors (Lipinski definition) is 5. The zero-order valence-corrected chi connectivity index (χ0v) is 21.6. The molecule has 0 radical (unpaired) electrons. The third-order valence-corrected chi connectivity index (χ3v) is 7.26. The summed E-state index contributed by atoms with van der Waals surface area (Å²) in [5.74, 6) is 0.430. The summed E-state index contributed by atoms with van der Waals surface area (Å²) in [4.78, 5) is 26.0. The van der Waals surface area contributed by atoms with E-state index < -0.39 is 0 Å². The van der Waals surface area contributed by atoms with Gasteiger partial charge in [0.25, 0.3) is 5.56 Å². The van der Waals surface area contributed by atoms with E-state index in [-0.39, 0.29) is 17.2 Å². The lowest BCUT2D eigenvalue weighted by molar-refractivity contribution is -0.113. The van der Waals surface area contributed by atoms with Gasteiger partial charge in [-0.25, -0.2) is 0 Å². The van der Waals surface area contributed by atoms with Crippen LogP contribution in [0.15, 0.2) is 81.2 Å². The number of nitrogens with one attached hydrogen (secondary N) is 1. The van der Waals surface area contributed by atoms with Crippen molar-refractivity contribution in [3.05, 3.63) is 98.2 Å². The van der Waals surface area contributed by atoms with E-state index in [9.17, 15) is 9.59 Å². The Morgan fingerprint density at radius 1 is 1.00 bits per heavy atom. The highest BCUT2D eigenvalue weighted by molar-refractivity contribution is 9.10. The van der Waals surface area contributed by atoms with E-state index in [1.54, 1.807) is 10.6 Å². The van der Waals surface area contributed by atoms with Crippen molar-refractivity contribution in [1.29, 1.82) is 0 Å². The minimum atomic E-state index is -0.159. The summed E-state index contributed by atoms with van der Waals surface area (Å²) in [6, 6.07) is 21.2. The van der Waals surface area contributed by atoms with Crippen molar-refractivity contribution in [1.82, 2.24) is 19.2 Å². The van der Waals surface area contributed by atoms with Gasteiger partial charge in [0.2, 0.25) is 11.7 Å². The Morgan fingerprint density at radius 3 is 2.51 bits per heavy atom. The molecule has 0 unspecified atom stereocenters. The molecule has 5 aromatic rings. The highest BCUT2D eigenvalue weighted by Crippen LogP contribution is 2.25. The third kappa shape index (κ3) is 4.74. The molecule has 2 heterocycles. The van der Waals surface area contributed by atoms with Crippen LogP contribution in [0.25, 0.3) is 16.7 Å². The van der Waals surface area contributed by atoms with Crippen molar-refractivity contribution in [3.8, 4) is 0 Å². The summed E-state index contributed by atoms with van der Waals surface area (Å²) in [6.07, 6.45) is 0. The number of rotatable bonds is 6. The molecule has 5 rings (SSSR count). The Morgan fingerprint density at radius 2 is 1.74 bits per heavy atom. The summed E-state index contributed by atoms with van der Waals surface area (Å²) < 4.78 is 4.31. The molecule has 7 nitrogen and oxygen atoms in total. The van der Waals surface area contributed by atoms with E-state index in [1.807, 2.05) is 78.9 Å². The van der Waals surface area contributed by atoms with Crippen molar-refractivity contribution in [3.63, 3.8) is 0 Å². The van der Waals surface area contributed by atoms with Crippen molar-refractivity contribution >= 4 is 56.0 Å². The minimum absolute atomic E-state index is 0.125. The van der Waals surface area contributed by atoms with Crippen LogP contribution >= 0.6 is 27.7 Å². The number of thioether (sulfide) groups is 1. The topological polar surface area (TPSA) is 81.3 Å². The van der Waals surface area contributed by atoms with E-state index in [2.05, 4.69) is 31.4 Å². The fourth-order valence-corrected chi connectivity index (χ4v) is 5.22. The summed E-state index contributed by atoms with van der Waals surface area (Å²) in [7, 11) is 0. The number of amides is 1. The second kappa shape index (κ2) is 9.67. The zero-order valence-electron chi connectivity index (χ0n) is 19.2. The molecule has 9 heteroatoms. The Labute approximate surface area is 214 Å². The van der Waals surface area contributed by atoms with Gasteiger partial charge in [0, 0.05) is 4.47 Å². The Bertz CT molecular complexity index is 1630. The van der Waals surface area contributed by atoms with Gasteiger partial charge in [-0.15, -0.1) is 10.2 Å². The first-order chi connectivity index (χ1) is 16.9. The van der Waals surface area contributed by atoms with Crippen LogP contribution in [0.1, 0.15) is 16.7 Å². The molecular weight excluding hydrogens is 526 g/mol. The van der Waals surface area contributed by atoms with Gasteiger partial charge in [-0.1, -0.05) is 59.8 Å². The maximum absolute atomic E-state index is 13.4. The fraction of sp³-hybridized carbons (Fsp3) is 0.154. The van der Waals surface area contributed by atoms with Crippen LogP contribution in [0, 0.1) is 13.8 Å². The number of benzene rings is 3. The molecule has 176 valence electrons. The molecule has 0 saturated carbocycles. The van der Waals surface area contributed by atoms with E-state index in [0.29, 0.717) is 34.1 Å². The van der Waals surface area contributed by atoms with Crippen LogP contribution in [0.5, 0.6) is 0 Å². The first-order valence-corrected chi connectivity index (χ1v) is 12.8. The van der Waals surface area contributed by atoms with Gasteiger partial charge in [-0.2, -0.15) is 0 Å². The number of carbonyl (C=O) groups excluding carboxylic acids is 1. The maximum atomic E-state index is 13.4. The van der Waals surface area contributed by atoms with E-state index in [0.717, 1.165) is 21.2 Å². The lowest BCUT2D eigenvalue weighted by Gasteiger charge is -2.12. The fourth-order valence-electron chi connectivity index (χ4n) is 3.88. The molecule has 0 aliphatic rings. The van der Waals surface area contributed by atoms with E-state index in [4.69, 9.17) is 0 Å². The number of fused-ring (bicyclic) bond motifs is 3. The molecule has 0 aliphatic heterocycles. The van der Waals surface area contributed by atoms with Gasteiger partial charge in [0.1, 0.15) is 0 Å². The predicted molar refractivity (Wildman–Crippen MR) is 143 cm³/mol. The zero-order chi connectivity index (χ0) is 24.5. The average Bonchev–Trinajstić information content (AvgIpc) is 3.27. The van der Waals surface area contributed by atoms with Crippen molar-refractivity contribution in [2.45, 2.75) is 25.5 Å². The predicted octanol–water partition coefficient (Wildman–Crippen LogP) is 5.20. The first-order valence-electron chi connectivity index (χ1n) is 11.0. The van der Waals surface area contributed by atoms with Gasteiger partial charge in [0.15, 0.2) is 5.16 Å². The molecule has 0 aliphatic carbocycles. The highest BCUT2D eigenvalue weighted by Gasteiger charge is 2.18. The molecule has 0 atom stereocenters. The monoisotopic (exact) mass is 547 g/mol. The quantitative estimate of drug-likeness (QED) is 0.295. The summed E-state index contributed by atoms with van der Waals surface area (Å²) >= 11 is 4.77. The Hall–Kier alpha value is -3.43. The molecule has 0 spiro atoms. The molecule has 1 N–H and O–H groups in total. The Balaban J connectivity index is 1.48. The number of para-hydroxylation sites is 1. The highest BCUT2D eigenvalue weighted by atomic mass is 79.9. The second-order valence-corrected chi connectivity index (χ2v) is 10.1. The second-order valence-electron chi connectivity index (χ2n) is 8.33. The van der Waals surface area contributed by atoms with Crippen molar-refractivity contribution in [2.24, 2.45) is 0 Å². The molecule has 1 amide bonds. The van der Waals surface area contributed by atoms with Crippen LogP contribution < -0.4 is 10.9 Å². The van der Waals surface area contributed by atoms with Crippen LogP contribution in [0.3, 0.4) is 0 Å². The average molecular weight is 548 g/mol. The van der Waals surface area contributed by atoms with Gasteiger partial charge in [-0.05, 0) is 65.2 Å². The number of aromatic nitrogens is 4. The third-order valence-electron chi connectivity index (χ3n) is 5.67. The smallest absolute Gasteiger partial charge is 0.263 e. The molecule has 3 aromatic carbocycles. The van der Waals surface area contributed by atoms with Crippen molar-refractivity contribution in [2.75, 3.05) is 11.1 Å². The molecule has 35 heavy (non-hydrogen) atoms. The number of halogens is 1. The molecule has 2 aromatic heterocycles. The van der Waals surface area contributed by atoms with E-state index in [1.165, 1.54) is 11.8 Å². The summed E-state index contributed by atoms with van der Waals surface area (Å²) in [6.45, 7) is 4.39. The van der Waals surface area contributed by atoms with Gasteiger partial charge in [0.05, 0.1) is 28.9 Å². The number of carbonyl (C=O) groups is 1. The summed E-state index contributed by atoms with van der Waals surface area (Å²) in [5.41, 5.74) is 4.55. The number of nitrogens with zero attached hydrogens (tertiary/aromatic N) is 4. The summed E-state index contributed by atoms with van der Waals surface area (Å²) in [5, 5.41) is 12.7. The van der Waals surface area contributed by atoms with Gasteiger partial charge < -0.3 is 5.32 Å². The Kier molecular flexibility index (Phi) is 6.44. The van der Waals surface area contributed by atoms with Crippen LogP contribution in [-0.4, -0.2) is 30.8 Å². The van der Waals surface area contributed by atoms with Crippen LogP contribution in [0.2, 0.25) is 0 Å². The number of aryl methyl sites for hydroxylation is 2. The lowest BCUT2D eigenvalue weighted by Crippen LogP contribution is -2.24.